The molecular weight excluding hydrogens is 597 g/mol. The lowest BCUT2D eigenvalue weighted by Gasteiger charge is -2.35. The topological polar surface area (TPSA) is 41.7 Å². The molecule has 49 heavy (non-hydrogen) atoms. The van der Waals surface area contributed by atoms with Crippen molar-refractivity contribution < 1.29 is 0 Å². The molecule has 4 aromatic carbocycles. The molecule has 4 nitrogen and oxygen atoms in total. The van der Waals surface area contributed by atoms with Crippen LogP contribution < -0.4 is 5.32 Å². The van der Waals surface area contributed by atoms with Crippen molar-refractivity contribution in [3.05, 3.63) is 144 Å². The highest BCUT2D eigenvalue weighted by atomic mass is 15.0. The number of hydrogen-bond acceptors (Lipinski definition) is 3. The first-order valence-electron chi connectivity index (χ1n) is 18.1. The van der Waals surface area contributed by atoms with Gasteiger partial charge in [0.05, 0.1) is 16.9 Å². The summed E-state index contributed by atoms with van der Waals surface area (Å²) in [5.74, 6) is 0. The van der Waals surface area contributed by atoms with Gasteiger partial charge in [0.2, 0.25) is 0 Å². The lowest BCUT2D eigenvalue weighted by atomic mass is 9.69. The van der Waals surface area contributed by atoms with E-state index >= 15 is 0 Å². The molecule has 4 heteroatoms. The third-order valence-electron chi connectivity index (χ3n) is 9.65. The van der Waals surface area contributed by atoms with E-state index in [4.69, 9.17) is 9.98 Å². The molecule has 5 aromatic rings. The van der Waals surface area contributed by atoms with Gasteiger partial charge in [-0.25, -0.2) is 0 Å². The predicted octanol–water partition coefficient (Wildman–Crippen LogP) is 12.6. The minimum atomic E-state index is -0.0799. The van der Waals surface area contributed by atoms with E-state index in [9.17, 15) is 0 Å². The maximum atomic E-state index is 4.81. The van der Waals surface area contributed by atoms with Gasteiger partial charge >= 0.3 is 0 Å². The van der Waals surface area contributed by atoms with Crippen LogP contribution in [0.4, 0.5) is 11.4 Å². The number of benzene rings is 4. The fraction of sp³-hybridized carbons (Fsp3) is 0.289. The van der Waals surface area contributed by atoms with Crippen molar-refractivity contribution in [1.82, 2.24) is 4.57 Å². The first-order chi connectivity index (χ1) is 24.0. The molecule has 0 spiro atoms. The van der Waals surface area contributed by atoms with Gasteiger partial charge in [-0.1, -0.05) is 132 Å². The maximum absolute atomic E-state index is 4.81. The predicted molar refractivity (Wildman–Crippen MR) is 214 cm³/mol. The summed E-state index contributed by atoms with van der Waals surface area (Å²) in [4.78, 5) is 9.62. The van der Waals surface area contributed by atoms with Crippen LogP contribution in [0.25, 0.3) is 22.3 Å². The van der Waals surface area contributed by atoms with Crippen molar-refractivity contribution in [3.63, 3.8) is 0 Å². The Morgan fingerprint density at radius 3 is 2.12 bits per heavy atom. The van der Waals surface area contributed by atoms with Crippen LogP contribution >= 0.6 is 0 Å². The molecule has 1 unspecified atom stereocenters. The molecule has 0 radical (unpaired) electrons. The Morgan fingerprint density at radius 1 is 0.816 bits per heavy atom. The molecular formula is C45H52N4. The molecule has 0 aliphatic rings. The van der Waals surface area contributed by atoms with Crippen LogP contribution in [0.15, 0.2) is 131 Å². The summed E-state index contributed by atoms with van der Waals surface area (Å²) in [7, 11) is 0. The summed E-state index contributed by atoms with van der Waals surface area (Å²) in [6, 6.07) is 37.4. The third kappa shape index (κ3) is 7.70. The zero-order chi connectivity index (χ0) is 34.6. The van der Waals surface area contributed by atoms with Crippen molar-refractivity contribution >= 4 is 40.4 Å². The molecule has 1 heterocycles. The van der Waals surface area contributed by atoms with Crippen LogP contribution in [-0.4, -0.2) is 17.0 Å². The summed E-state index contributed by atoms with van der Waals surface area (Å²) in [6.45, 7) is 14.9. The quantitative estimate of drug-likeness (QED) is 0.0839. The second kappa shape index (κ2) is 16.9. The molecule has 0 saturated carbocycles. The largest absolute Gasteiger partial charge is 0.357 e. The average Bonchev–Trinajstić information content (AvgIpc) is 3.47. The van der Waals surface area contributed by atoms with E-state index in [1.807, 2.05) is 12.3 Å². The summed E-state index contributed by atoms with van der Waals surface area (Å²) >= 11 is 0. The van der Waals surface area contributed by atoms with E-state index in [-0.39, 0.29) is 5.41 Å². The fourth-order valence-corrected chi connectivity index (χ4v) is 7.13. The Bertz CT molecular complexity index is 1910. The summed E-state index contributed by atoms with van der Waals surface area (Å²) < 4.78 is 2.38. The van der Waals surface area contributed by atoms with Crippen LogP contribution in [0.3, 0.4) is 0 Å². The minimum absolute atomic E-state index is 0.0799. The van der Waals surface area contributed by atoms with Crippen molar-refractivity contribution in [1.29, 1.82) is 0 Å². The molecule has 0 fully saturated rings. The monoisotopic (exact) mass is 648 g/mol. The highest BCUT2D eigenvalue weighted by Crippen LogP contribution is 2.42. The summed E-state index contributed by atoms with van der Waals surface area (Å²) in [5.41, 5.74) is 11.4. The molecule has 0 bridgehead atoms. The standard InChI is InChI=1S/C45H52N4/c1-7-12-18-31-45(11-5,36-23-27-38(28-24-36)48-34(6)43(46-32-8-2)35-19-14-13-15-20-35)37-25-29-39(30-26-37)49-41(10-4)44(47-33-9-3)40-21-16-17-22-42(40)49/h9,13-17,19-30,32-33,48H,3,7-8,10-12,18,31H2,1-2,4-6H3/b43-34+,46-32?,47-33?. The average molecular weight is 649 g/mol. The van der Waals surface area contributed by atoms with Crippen molar-refractivity contribution in [2.24, 2.45) is 9.98 Å². The number of nitrogens with one attached hydrogen (secondary N) is 1. The molecule has 252 valence electrons. The van der Waals surface area contributed by atoms with Gasteiger partial charge in [0.1, 0.15) is 0 Å². The van der Waals surface area contributed by atoms with E-state index in [1.165, 1.54) is 41.6 Å². The van der Waals surface area contributed by atoms with Gasteiger partial charge in [-0.3, -0.25) is 9.98 Å². The van der Waals surface area contributed by atoms with Crippen LogP contribution in [0.5, 0.6) is 0 Å². The zero-order valence-electron chi connectivity index (χ0n) is 30.0. The van der Waals surface area contributed by atoms with E-state index in [1.54, 1.807) is 12.3 Å². The second-order valence-corrected chi connectivity index (χ2v) is 12.7. The molecule has 0 aliphatic carbocycles. The Labute approximate surface area is 294 Å². The number of aliphatic imine (C=N–C) groups is 2. The highest BCUT2D eigenvalue weighted by Gasteiger charge is 2.32. The number of fused-ring (bicyclic) bond motifs is 1. The first-order valence-corrected chi connectivity index (χ1v) is 18.1. The van der Waals surface area contributed by atoms with Crippen molar-refractivity contribution in [2.45, 2.75) is 85.0 Å². The van der Waals surface area contributed by atoms with E-state index in [2.05, 4.69) is 148 Å². The third-order valence-corrected chi connectivity index (χ3v) is 9.65. The number of anilines is 1. The first kappa shape index (κ1) is 35.3. The summed E-state index contributed by atoms with van der Waals surface area (Å²) in [6.07, 6.45) is 13.0. The van der Waals surface area contributed by atoms with Crippen molar-refractivity contribution in [2.75, 3.05) is 5.32 Å². The van der Waals surface area contributed by atoms with Gasteiger partial charge in [-0.2, -0.15) is 0 Å². The van der Waals surface area contributed by atoms with E-state index in [0.29, 0.717) is 0 Å². The van der Waals surface area contributed by atoms with Gasteiger partial charge in [0, 0.05) is 51.6 Å². The van der Waals surface area contributed by atoms with Crippen molar-refractivity contribution in [3.8, 4) is 5.69 Å². The van der Waals surface area contributed by atoms with E-state index < -0.39 is 0 Å². The van der Waals surface area contributed by atoms with Crippen LogP contribution in [0.1, 0.15) is 95.5 Å². The molecule has 1 atom stereocenters. The Kier molecular flexibility index (Phi) is 12.2. The maximum Gasteiger partial charge on any atom is 0.0921 e. The summed E-state index contributed by atoms with van der Waals surface area (Å²) in [5, 5.41) is 4.81. The van der Waals surface area contributed by atoms with Gasteiger partial charge in [-0.15, -0.1) is 0 Å². The number of allylic oxidation sites excluding steroid dienone is 2. The number of unbranched alkanes of at least 4 members (excludes halogenated alkanes) is 2. The SMILES string of the molecule is C=CC=Nc1c(CC)n(-c2ccc(C(CC)(CCCCC)c3ccc(N/C(C)=C(/N=CCC)c4ccccc4)cc3)cc2)c2ccccc12. The molecule has 1 aromatic heterocycles. The van der Waals surface area contributed by atoms with Gasteiger partial charge in [0.25, 0.3) is 0 Å². The zero-order valence-corrected chi connectivity index (χ0v) is 30.0. The molecule has 5 rings (SSSR count). The van der Waals surface area contributed by atoms with Gasteiger partial charge < -0.3 is 9.88 Å². The van der Waals surface area contributed by atoms with Crippen LogP contribution in [-0.2, 0) is 11.8 Å². The minimum Gasteiger partial charge on any atom is -0.357 e. The molecule has 0 aliphatic heterocycles. The van der Waals surface area contributed by atoms with Gasteiger partial charge in [0.15, 0.2) is 0 Å². The van der Waals surface area contributed by atoms with Crippen LogP contribution in [0, 0.1) is 0 Å². The van der Waals surface area contributed by atoms with Gasteiger partial charge in [-0.05, 0) is 74.1 Å². The fourth-order valence-electron chi connectivity index (χ4n) is 7.13. The Morgan fingerprint density at radius 2 is 1.49 bits per heavy atom. The van der Waals surface area contributed by atoms with Crippen LogP contribution in [0.2, 0.25) is 0 Å². The lowest BCUT2D eigenvalue weighted by Crippen LogP contribution is -2.27. The highest BCUT2D eigenvalue weighted by molar-refractivity contribution is 5.97. The second-order valence-electron chi connectivity index (χ2n) is 12.7. The Hall–Kier alpha value is -4.96. The number of nitrogens with zero attached hydrogens (tertiary/aromatic N) is 3. The number of aromatic nitrogens is 1. The lowest BCUT2D eigenvalue weighted by molar-refractivity contribution is 0.431. The van der Waals surface area contributed by atoms with E-state index in [0.717, 1.165) is 65.1 Å². The normalized spacial score (nSPS) is 13.6. The smallest absolute Gasteiger partial charge is 0.0921 e. The Balaban J connectivity index is 1.52. The number of rotatable bonds is 16. The number of hydrogen-bond donors (Lipinski definition) is 1. The number of para-hydroxylation sites is 1. The molecule has 0 saturated heterocycles. The molecule has 1 N–H and O–H groups in total. The molecule has 0 amide bonds.